The predicted octanol–water partition coefficient (Wildman–Crippen LogP) is 3.62. The van der Waals surface area contributed by atoms with Crippen LogP contribution in [0.2, 0.25) is 0 Å². The summed E-state index contributed by atoms with van der Waals surface area (Å²) in [7, 11) is 0. The summed E-state index contributed by atoms with van der Waals surface area (Å²) in [5.74, 6) is -0.117. The average Bonchev–Trinajstić information content (AvgIpc) is 3.15. The number of urea groups is 1. The Morgan fingerprint density at radius 1 is 1.04 bits per heavy atom. The fraction of sp³-hybridized carbons (Fsp3) is 0.111. The van der Waals surface area contributed by atoms with Crippen molar-refractivity contribution in [2.45, 2.75) is 11.8 Å². The molecule has 0 spiro atoms. The van der Waals surface area contributed by atoms with Crippen LogP contribution in [-0.4, -0.2) is 27.9 Å². The highest BCUT2D eigenvalue weighted by Gasteiger charge is 2.14. The van der Waals surface area contributed by atoms with Gasteiger partial charge in [-0.2, -0.15) is 0 Å². The Morgan fingerprint density at radius 2 is 1.78 bits per heavy atom. The number of imide groups is 1. The molecule has 3 amide bonds. The van der Waals surface area contributed by atoms with Crippen LogP contribution in [0.15, 0.2) is 68.7 Å². The number of nitrogens with zero attached hydrogens (tertiary/aromatic N) is 2. The number of carbonyl (C=O) groups is 2. The van der Waals surface area contributed by atoms with Crippen LogP contribution in [0.25, 0.3) is 11.5 Å². The number of carbonyl (C=O) groups excluding carboxylic acids is 2. The van der Waals surface area contributed by atoms with Crippen LogP contribution >= 0.6 is 27.7 Å². The third-order valence-corrected chi connectivity index (χ3v) is 4.90. The minimum absolute atomic E-state index is 0.0175. The highest BCUT2D eigenvalue weighted by atomic mass is 79.9. The summed E-state index contributed by atoms with van der Waals surface area (Å²) in [5, 5.41) is 13.0. The molecule has 2 N–H and O–H groups in total. The molecular weight excluding hydrogens is 432 g/mol. The van der Waals surface area contributed by atoms with Gasteiger partial charge in [-0.05, 0) is 33.6 Å². The Kier molecular flexibility index (Phi) is 6.61. The molecule has 0 fully saturated rings. The second-order valence-electron chi connectivity index (χ2n) is 5.36. The van der Waals surface area contributed by atoms with Crippen molar-refractivity contribution >= 4 is 39.6 Å². The molecule has 7 nitrogen and oxygen atoms in total. The lowest BCUT2D eigenvalue weighted by Crippen LogP contribution is -2.39. The zero-order valence-corrected chi connectivity index (χ0v) is 16.4. The zero-order chi connectivity index (χ0) is 19.1. The van der Waals surface area contributed by atoms with Crippen LogP contribution in [0.5, 0.6) is 0 Å². The summed E-state index contributed by atoms with van der Waals surface area (Å²) in [6.07, 6.45) is 0. The molecule has 0 saturated heterocycles. The largest absolute Gasteiger partial charge is 0.411 e. The normalized spacial score (nSPS) is 10.4. The molecule has 0 aliphatic carbocycles. The standard InChI is InChI=1S/C18H15BrN4O3S/c19-14-9-5-4-8-13(14)16-22-23-18(26-16)27-11-15(24)21-17(25)20-10-12-6-2-1-3-7-12/h1-9H,10-11H2,(H2,20,21,24,25). The summed E-state index contributed by atoms with van der Waals surface area (Å²) >= 11 is 4.48. The van der Waals surface area contributed by atoms with E-state index in [2.05, 4.69) is 36.8 Å². The van der Waals surface area contributed by atoms with Gasteiger partial charge in [0.15, 0.2) is 0 Å². The topological polar surface area (TPSA) is 97.1 Å². The number of hydrogen-bond acceptors (Lipinski definition) is 6. The molecule has 0 unspecified atom stereocenters. The number of benzene rings is 2. The van der Waals surface area contributed by atoms with Crippen molar-refractivity contribution in [3.63, 3.8) is 0 Å². The van der Waals surface area contributed by atoms with Crippen LogP contribution < -0.4 is 10.6 Å². The van der Waals surface area contributed by atoms with Gasteiger partial charge in [-0.3, -0.25) is 10.1 Å². The average molecular weight is 447 g/mol. The number of nitrogens with one attached hydrogen (secondary N) is 2. The number of amides is 3. The molecule has 9 heteroatoms. The summed E-state index contributed by atoms with van der Waals surface area (Å²) in [6.45, 7) is 0.339. The van der Waals surface area contributed by atoms with Gasteiger partial charge in [0.05, 0.1) is 11.3 Å². The first-order chi connectivity index (χ1) is 13.1. The van der Waals surface area contributed by atoms with Crippen molar-refractivity contribution in [3.05, 3.63) is 64.6 Å². The summed E-state index contributed by atoms with van der Waals surface area (Å²) in [5.41, 5.74) is 1.71. The van der Waals surface area contributed by atoms with E-state index >= 15 is 0 Å². The maximum atomic E-state index is 11.9. The maximum absolute atomic E-state index is 11.9. The predicted molar refractivity (Wildman–Crippen MR) is 105 cm³/mol. The molecule has 138 valence electrons. The van der Waals surface area contributed by atoms with Crippen LogP contribution in [0, 0.1) is 0 Å². The van der Waals surface area contributed by atoms with Crippen LogP contribution in [0.3, 0.4) is 0 Å². The molecule has 2 aromatic carbocycles. The Hall–Kier alpha value is -2.65. The van der Waals surface area contributed by atoms with E-state index < -0.39 is 11.9 Å². The van der Waals surface area contributed by atoms with Gasteiger partial charge < -0.3 is 9.73 Å². The van der Waals surface area contributed by atoms with E-state index in [0.29, 0.717) is 12.4 Å². The van der Waals surface area contributed by atoms with Crippen molar-refractivity contribution in [1.82, 2.24) is 20.8 Å². The minimum Gasteiger partial charge on any atom is -0.411 e. The highest BCUT2D eigenvalue weighted by molar-refractivity contribution is 9.10. The zero-order valence-electron chi connectivity index (χ0n) is 14.0. The van der Waals surface area contributed by atoms with Gasteiger partial charge in [-0.1, -0.05) is 54.2 Å². The van der Waals surface area contributed by atoms with E-state index in [4.69, 9.17) is 4.42 Å². The Bertz CT molecular complexity index is 933. The first-order valence-corrected chi connectivity index (χ1v) is 9.72. The Labute approximate surface area is 168 Å². The second kappa shape index (κ2) is 9.33. The van der Waals surface area contributed by atoms with E-state index in [-0.39, 0.29) is 11.0 Å². The van der Waals surface area contributed by atoms with E-state index in [9.17, 15) is 9.59 Å². The molecular formula is C18H15BrN4O3S. The van der Waals surface area contributed by atoms with Crippen molar-refractivity contribution < 1.29 is 14.0 Å². The first-order valence-electron chi connectivity index (χ1n) is 7.94. The lowest BCUT2D eigenvalue weighted by molar-refractivity contribution is -0.117. The molecule has 0 atom stereocenters. The molecule has 0 bridgehead atoms. The molecule has 0 saturated carbocycles. The number of halogens is 1. The molecule has 3 rings (SSSR count). The van der Waals surface area contributed by atoms with Gasteiger partial charge in [0, 0.05) is 11.0 Å². The van der Waals surface area contributed by atoms with Crippen LogP contribution in [-0.2, 0) is 11.3 Å². The smallest absolute Gasteiger partial charge is 0.321 e. The lowest BCUT2D eigenvalue weighted by Gasteiger charge is -2.06. The molecule has 0 aliphatic heterocycles. The van der Waals surface area contributed by atoms with Gasteiger partial charge in [-0.25, -0.2) is 4.79 Å². The number of rotatable bonds is 6. The molecule has 27 heavy (non-hydrogen) atoms. The number of aromatic nitrogens is 2. The molecule has 1 aromatic heterocycles. The number of hydrogen-bond donors (Lipinski definition) is 2. The Balaban J connectivity index is 1.45. The first kappa shape index (κ1) is 19.1. The highest BCUT2D eigenvalue weighted by Crippen LogP contribution is 2.28. The minimum atomic E-state index is -0.552. The SMILES string of the molecule is O=C(CSc1nnc(-c2ccccc2Br)o1)NC(=O)NCc1ccccc1. The van der Waals surface area contributed by atoms with Gasteiger partial charge in [0.1, 0.15) is 0 Å². The third kappa shape index (κ3) is 5.66. The second-order valence-corrected chi connectivity index (χ2v) is 7.14. The maximum Gasteiger partial charge on any atom is 0.321 e. The number of thioether (sulfide) groups is 1. The fourth-order valence-corrected chi connectivity index (χ4v) is 3.14. The van der Waals surface area contributed by atoms with Crippen LogP contribution in [0.1, 0.15) is 5.56 Å². The van der Waals surface area contributed by atoms with Gasteiger partial charge in [0.2, 0.25) is 11.8 Å². The van der Waals surface area contributed by atoms with Gasteiger partial charge in [0.25, 0.3) is 5.22 Å². The van der Waals surface area contributed by atoms with Gasteiger partial charge >= 0.3 is 6.03 Å². The Morgan fingerprint density at radius 3 is 2.56 bits per heavy atom. The van der Waals surface area contributed by atoms with E-state index in [1.54, 1.807) is 0 Å². The third-order valence-electron chi connectivity index (χ3n) is 3.39. The monoisotopic (exact) mass is 446 g/mol. The van der Waals surface area contributed by atoms with Crippen molar-refractivity contribution in [2.75, 3.05) is 5.75 Å². The van der Waals surface area contributed by atoms with Crippen LogP contribution in [0.4, 0.5) is 4.79 Å². The van der Waals surface area contributed by atoms with Gasteiger partial charge in [-0.15, -0.1) is 10.2 Å². The molecule has 1 heterocycles. The quantitative estimate of drug-likeness (QED) is 0.561. The fourth-order valence-electron chi connectivity index (χ4n) is 2.12. The van der Waals surface area contributed by atoms with Crippen molar-refractivity contribution in [3.8, 4) is 11.5 Å². The van der Waals surface area contributed by atoms with E-state index in [1.807, 2.05) is 54.6 Å². The summed E-state index contributed by atoms with van der Waals surface area (Å²) in [4.78, 5) is 23.6. The molecule has 0 aliphatic rings. The van der Waals surface area contributed by atoms with Crippen molar-refractivity contribution in [1.29, 1.82) is 0 Å². The van der Waals surface area contributed by atoms with E-state index in [0.717, 1.165) is 27.4 Å². The lowest BCUT2D eigenvalue weighted by atomic mass is 10.2. The molecule has 0 radical (unpaired) electrons. The molecule has 3 aromatic rings. The van der Waals surface area contributed by atoms with Crippen molar-refractivity contribution in [2.24, 2.45) is 0 Å². The van der Waals surface area contributed by atoms with E-state index in [1.165, 1.54) is 0 Å². The summed E-state index contributed by atoms with van der Waals surface area (Å²) < 4.78 is 6.37. The summed E-state index contributed by atoms with van der Waals surface area (Å²) in [6, 6.07) is 16.3.